The van der Waals surface area contributed by atoms with E-state index < -0.39 is 5.91 Å². The van der Waals surface area contributed by atoms with E-state index in [-0.39, 0.29) is 12.3 Å². The molecule has 0 fully saturated rings. The quantitative estimate of drug-likeness (QED) is 0.462. The molecule has 0 atom stereocenters. The number of hydrogen-bond donors (Lipinski definition) is 2. The van der Waals surface area contributed by atoms with Gasteiger partial charge < -0.3 is 20.5 Å². The van der Waals surface area contributed by atoms with Gasteiger partial charge in [-0.05, 0) is 42.5 Å². The van der Waals surface area contributed by atoms with Crippen molar-refractivity contribution in [1.29, 1.82) is 0 Å². The minimum absolute atomic E-state index is 0.169. The van der Waals surface area contributed by atoms with E-state index in [0.29, 0.717) is 22.7 Å². The molecule has 0 unspecified atom stereocenters. The van der Waals surface area contributed by atoms with Crippen LogP contribution in [0.3, 0.4) is 0 Å². The first-order valence-electron chi connectivity index (χ1n) is 9.36. The van der Waals surface area contributed by atoms with Crippen molar-refractivity contribution in [1.82, 2.24) is 9.38 Å². The Morgan fingerprint density at radius 3 is 2.58 bits per heavy atom. The number of rotatable bonds is 7. The van der Waals surface area contributed by atoms with Gasteiger partial charge in [0.15, 0.2) is 4.96 Å². The monoisotopic (exact) mass is 436 g/mol. The van der Waals surface area contributed by atoms with E-state index in [4.69, 9.17) is 15.2 Å². The van der Waals surface area contributed by atoms with Crippen molar-refractivity contribution in [2.75, 3.05) is 19.5 Å². The number of aromatic nitrogens is 2. The van der Waals surface area contributed by atoms with E-state index in [0.717, 1.165) is 21.9 Å². The molecule has 0 saturated heterocycles. The normalized spacial score (nSPS) is 10.8. The molecule has 0 aliphatic heterocycles. The molecule has 0 radical (unpaired) electrons. The molecule has 4 rings (SSSR count). The Labute approximate surface area is 182 Å². The number of ether oxygens (including phenoxy) is 2. The molecule has 0 aliphatic rings. The predicted molar refractivity (Wildman–Crippen MR) is 119 cm³/mol. The highest BCUT2D eigenvalue weighted by molar-refractivity contribution is 7.15. The molecule has 2 amide bonds. The number of nitrogens with two attached hydrogens (primary N) is 1. The lowest BCUT2D eigenvalue weighted by molar-refractivity contribution is -0.115. The van der Waals surface area contributed by atoms with Crippen molar-refractivity contribution in [3.63, 3.8) is 0 Å². The van der Waals surface area contributed by atoms with Gasteiger partial charge in [-0.25, -0.2) is 4.98 Å². The third-order valence-electron chi connectivity index (χ3n) is 4.76. The fourth-order valence-corrected chi connectivity index (χ4v) is 4.06. The van der Waals surface area contributed by atoms with E-state index in [2.05, 4.69) is 10.3 Å². The number of imidazole rings is 1. The zero-order chi connectivity index (χ0) is 22.0. The molecule has 3 N–H and O–H groups in total. The Hall–Kier alpha value is -3.85. The van der Waals surface area contributed by atoms with Gasteiger partial charge in [-0.1, -0.05) is 0 Å². The highest BCUT2D eigenvalue weighted by Gasteiger charge is 2.16. The topological polar surface area (TPSA) is 108 Å². The van der Waals surface area contributed by atoms with Gasteiger partial charge in [-0.3, -0.25) is 14.0 Å². The number of nitrogens with zero attached hydrogens (tertiary/aromatic N) is 2. The number of methoxy groups -OCH3 is 2. The molecule has 158 valence electrons. The molecule has 2 aromatic carbocycles. The van der Waals surface area contributed by atoms with Crippen LogP contribution in [0.5, 0.6) is 11.5 Å². The van der Waals surface area contributed by atoms with Gasteiger partial charge in [0, 0.05) is 34.1 Å². The second-order valence-electron chi connectivity index (χ2n) is 6.74. The SMILES string of the molecule is COc1ccc(OC)c(-c2cn3c(CC(=O)Nc4ccc(C(N)=O)cc4)csc3n2)c1. The maximum atomic E-state index is 12.5. The first-order valence-corrected chi connectivity index (χ1v) is 10.2. The van der Waals surface area contributed by atoms with Gasteiger partial charge in [-0.15, -0.1) is 11.3 Å². The fraction of sp³-hybridized carbons (Fsp3) is 0.136. The smallest absolute Gasteiger partial charge is 0.248 e. The standard InChI is InChI=1S/C22H20N4O4S/c1-29-16-7-8-19(30-2)17(10-16)18-11-26-15(12-31-22(26)25-18)9-20(27)24-14-5-3-13(4-6-14)21(23)28/h3-8,10-12H,9H2,1-2H3,(H2,23,28)(H,24,27). The lowest BCUT2D eigenvalue weighted by Gasteiger charge is -2.08. The molecule has 8 nitrogen and oxygen atoms in total. The average Bonchev–Trinajstić information content (AvgIpc) is 3.35. The van der Waals surface area contributed by atoms with Gasteiger partial charge in [0.05, 0.1) is 26.3 Å². The molecule has 9 heteroatoms. The van der Waals surface area contributed by atoms with Crippen LogP contribution in [0.15, 0.2) is 54.0 Å². The van der Waals surface area contributed by atoms with Gasteiger partial charge in [0.25, 0.3) is 0 Å². The first-order chi connectivity index (χ1) is 15.0. The molecule has 0 spiro atoms. The third-order valence-corrected chi connectivity index (χ3v) is 5.65. The number of benzene rings is 2. The van der Waals surface area contributed by atoms with Crippen LogP contribution in [0, 0.1) is 0 Å². The largest absolute Gasteiger partial charge is 0.497 e. The Morgan fingerprint density at radius 2 is 1.90 bits per heavy atom. The summed E-state index contributed by atoms with van der Waals surface area (Å²) >= 11 is 1.45. The Morgan fingerprint density at radius 1 is 1.13 bits per heavy atom. The maximum absolute atomic E-state index is 12.5. The van der Waals surface area contributed by atoms with Crippen molar-refractivity contribution < 1.29 is 19.1 Å². The molecule has 31 heavy (non-hydrogen) atoms. The molecule has 2 heterocycles. The zero-order valence-electron chi connectivity index (χ0n) is 16.9. The summed E-state index contributed by atoms with van der Waals surface area (Å²) in [6.45, 7) is 0. The second-order valence-corrected chi connectivity index (χ2v) is 7.58. The van der Waals surface area contributed by atoms with Crippen LogP contribution < -0.4 is 20.5 Å². The van der Waals surface area contributed by atoms with Crippen LogP contribution in [0.2, 0.25) is 0 Å². The predicted octanol–water partition coefficient (Wildman–Crippen LogP) is 3.36. The van der Waals surface area contributed by atoms with E-state index in [9.17, 15) is 9.59 Å². The third kappa shape index (κ3) is 4.22. The lowest BCUT2D eigenvalue weighted by atomic mass is 10.1. The highest BCUT2D eigenvalue weighted by atomic mass is 32.1. The summed E-state index contributed by atoms with van der Waals surface area (Å²) in [6.07, 6.45) is 2.05. The Balaban J connectivity index is 1.55. The lowest BCUT2D eigenvalue weighted by Crippen LogP contribution is -2.16. The van der Waals surface area contributed by atoms with E-state index >= 15 is 0 Å². The van der Waals surface area contributed by atoms with Crippen molar-refractivity contribution in [3.8, 4) is 22.8 Å². The van der Waals surface area contributed by atoms with Crippen molar-refractivity contribution in [3.05, 3.63) is 65.3 Å². The Kier molecular flexibility index (Phi) is 5.59. The van der Waals surface area contributed by atoms with Gasteiger partial charge in [0.1, 0.15) is 11.5 Å². The molecular formula is C22H20N4O4S. The molecule has 4 aromatic rings. The number of amides is 2. The minimum Gasteiger partial charge on any atom is -0.497 e. The van der Waals surface area contributed by atoms with E-state index in [1.165, 1.54) is 11.3 Å². The van der Waals surface area contributed by atoms with Crippen LogP contribution in [0.4, 0.5) is 5.69 Å². The van der Waals surface area contributed by atoms with Crippen molar-refractivity contribution >= 4 is 33.8 Å². The number of carbonyl (C=O) groups excluding carboxylic acids is 2. The number of thiazole rings is 1. The van der Waals surface area contributed by atoms with Crippen LogP contribution >= 0.6 is 11.3 Å². The number of carbonyl (C=O) groups is 2. The van der Waals surface area contributed by atoms with E-state index in [1.807, 2.05) is 34.2 Å². The summed E-state index contributed by atoms with van der Waals surface area (Å²) < 4.78 is 12.7. The molecule has 0 saturated carbocycles. The number of anilines is 1. The summed E-state index contributed by atoms with van der Waals surface area (Å²) in [7, 11) is 3.21. The molecular weight excluding hydrogens is 416 g/mol. The van der Waals surface area contributed by atoms with Crippen molar-refractivity contribution in [2.45, 2.75) is 6.42 Å². The molecule has 2 aromatic heterocycles. The van der Waals surface area contributed by atoms with Crippen LogP contribution in [0.25, 0.3) is 16.2 Å². The number of primary amides is 1. The Bertz CT molecular complexity index is 1260. The highest BCUT2D eigenvalue weighted by Crippen LogP contribution is 2.34. The fourth-order valence-electron chi connectivity index (χ4n) is 3.19. The summed E-state index contributed by atoms with van der Waals surface area (Å²) in [5, 5.41) is 4.73. The summed E-state index contributed by atoms with van der Waals surface area (Å²) in [5.74, 6) is 0.697. The van der Waals surface area contributed by atoms with Crippen LogP contribution in [-0.2, 0) is 11.2 Å². The number of hydrogen-bond acceptors (Lipinski definition) is 6. The number of nitrogens with one attached hydrogen (secondary N) is 1. The van der Waals surface area contributed by atoms with Crippen LogP contribution in [-0.4, -0.2) is 35.4 Å². The maximum Gasteiger partial charge on any atom is 0.248 e. The summed E-state index contributed by atoms with van der Waals surface area (Å²) in [6, 6.07) is 12.0. The average molecular weight is 436 g/mol. The van der Waals surface area contributed by atoms with E-state index in [1.54, 1.807) is 38.5 Å². The van der Waals surface area contributed by atoms with Gasteiger partial charge >= 0.3 is 0 Å². The zero-order valence-corrected chi connectivity index (χ0v) is 17.7. The summed E-state index contributed by atoms with van der Waals surface area (Å²) in [4.78, 5) is 29.1. The van der Waals surface area contributed by atoms with Crippen LogP contribution in [0.1, 0.15) is 16.1 Å². The first kappa shape index (κ1) is 20.4. The second kappa shape index (κ2) is 8.49. The molecule has 0 bridgehead atoms. The molecule has 0 aliphatic carbocycles. The number of fused-ring (bicyclic) bond motifs is 1. The van der Waals surface area contributed by atoms with Crippen molar-refractivity contribution in [2.24, 2.45) is 5.73 Å². The minimum atomic E-state index is -0.512. The van der Waals surface area contributed by atoms with Gasteiger partial charge in [0.2, 0.25) is 11.8 Å². The summed E-state index contributed by atoms with van der Waals surface area (Å²) in [5.41, 5.74) is 8.56. The van der Waals surface area contributed by atoms with Gasteiger partial charge in [-0.2, -0.15) is 0 Å².